The van der Waals surface area contributed by atoms with Gasteiger partial charge in [-0.25, -0.2) is 0 Å². The van der Waals surface area contributed by atoms with Gasteiger partial charge in [0.1, 0.15) is 24.0 Å². The van der Waals surface area contributed by atoms with Crippen LogP contribution in [-0.2, 0) is 11.4 Å². The maximum atomic E-state index is 12.5. The van der Waals surface area contributed by atoms with Crippen molar-refractivity contribution in [2.24, 2.45) is 0 Å². The fourth-order valence-corrected chi connectivity index (χ4v) is 3.28. The number of rotatable bonds is 6. The number of ether oxygens (including phenoxy) is 1. The molecule has 0 aromatic heterocycles. The molecule has 0 atom stereocenters. The summed E-state index contributed by atoms with van der Waals surface area (Å²) in [6, 6.07) is 19.6. The molecule has 1 N–H and O–H groups in total. The Morgan fingerprint density at radius 3 is 2.52 bits per heavy atom. The van der Waals surface area contributed by atoms with E-state index in [9.17, 15) is 10.1 Å². The van der Waals surface area contributed by atoms with E-state index in [0.717, 1.165) is 36.8 Å². The van der Waals surface area contributed by atoms with Crippen LogP contribution < -0.4 is 10.1 Å². The highest BCUT2D eigenvalue weighted by atomic mass is 16.5. The summed E-state index contributed by atoms with van der Waals surface area (Å²) in [5, 5.41) is 12.5. The van der Waals surface area contributed by atoms with Gasteiger partial charge in [0.25, 0.3) is 5.91 Å². The second-order valence-corrected chi connectivity index (χ2v) is 6.79. The van der Waals surface area contributed by atoms with Crippen LogP contribution in [0, 0.1) is 11.3 Å². The average molecular weight is 360 g/mol. The molecule has 3 rings (SSSR count). The first-order valence-electron chi connectivity index (χ1n) is 9.44. The van der Waals surface area contributed by atoms with Gasteiger partial charge in [0.05, 0.1) is 0 Å². The van der Waals surface area contributed by atoms with Gasteiger partial charge in [-0.1, -0.05) is 67.8 Å². The number of benzene rings is 2. The lowest BCUT2D eigenvalue weighted by Gasteiger charge is -2.22. The van der Waals surface area contributed by atoms with Crippen LogP contribution in [0.3, 0.4) is 0 Å². The molecule has 0 aliphatic heterocycles. The lowest BCUT2D eigenvalue weighted by Crippen LogP contribution is -2.36. The molecule has 0 bridgehead atoms. The van der Waals surface area contributed by atoms with Crippen LogP contribution in [0.4, 0.5) is 0 Å². The molecule has 4 heteroatoms. The highest BCUT2D eigenvalue weighted by Crippen LogP contribution is 2.23. The van der Waals surface area contributed by atoms with E-state index in [1.165, 1.54) is 6.42 Å². The van der Waals surface area contributed by atoms with E-state index < -0.39 is 0 Å². The number of nitriles is 1. The SMILES string of the molecule is N#C/C(=C/c1ccccc1OCc1ccccc1)C(=O)NC1CCCCC1. The Balaban J connectivity index is 1.71. The van der Waals surface area contributed by atoms with Gasteiger partial charge in [-0.05, 0) is 30.5 Å². The molecule has 1 aliphatic carbocycles. The maximum absolute atomic E-state index is 12.5. The van der Waals surface area contributed by atoms with E-state index in [4.69, 9.17) is 4.74 Å². The Morgan fingerprint density at radius 1 is 1.07 bits per heavy atom. The van der Waals surface area contributed by atoms with Gasteiger partial charge < -0.3 is 10.1 Å². The second kappa shape index (κ2) is 9.59. The normalized spacial score (nSPS) is 15.0. The summed E-state index contributed by atoms with van der Waals surface area (Å²) in [5.74, 6) is 0.349. The lowest BCUT2D eigenvalue weighted by atomic mass is 9.95. The fraction of sp³-hybridized carbons (Fsp3) is 0.304. The largest absolute Gasteiger partial charge is 0.488 e. The second-order valence-electron chi connectivity index (χ2n) is 6.79. The smallest absolute Gasteiger partial charge is 0.262 e. The molecule has 138 valence electrons. The zero-order valence-corrected chi connectivity index (χ0v) is 15.4. The standard InChI is InChI=1S/C23H24N2O2/c24-16-20(23(26)25-21-12-5-2-6-13-21)15-19-11-7-8-14-22(19)27-17-18-9-3-1-4-10-18/h1,3-4,7-11,14-15,21H,2,5-6,12-13,17H2,(H,25,26)/b20-15-. The van der Waals surface area contributed by atoms with Crippen molar-refractivity contribution in [3.63, 3.8) is 0 Å². The summed E-state index contributed by atoms with van der Waals surface area (Å²) < 4.78 is 5.91. The summed E-state index contributed by atoms with van der Waals surface area (Å²) in [7, 11) is 0. The predicted octanol–water partition coefficient (Wildman–Crippen LogP) is 4.62. The first-order valence-corrected chi connectivity index (χ1v) is 9.44. The van der Waals surface area contributed by atoms with Crippen LogP contribution in [0.25, 0.3) is 6.08 Å². The summed E-state index contributed by atoms with van der Waals surface area (Å²) >= 11 is 0. The third-order valence-corrected chi connectivity index (χ3v) is 4.76. The van der Waals surface area contributed by atoms with Gasteiger partial charge in [-0.3, -0.25) is 4.79 Å². The van der Waals surface area contributed by atoms with E-state index >= 15 is 0 Å². The third-order valence-electron chi connectivity index (χ3n) is 4.76. The van der Waals surface area contributed by atoms with Gasteiger partial charge in [0.2, 0.25) is 0 Å². The number of hydrogen-bond donors (Lipinski definition) is 1. The van der Waals surface area contributed by atoms with Gasteiger partial charge in [-0.15, -0.1) is 0 Å². The molecule has 2 aromatic rings. The van der Waals surface area contributed by atoms with Crippen molar-refractivity contribution >= 4 is 12.0 Å². The highest BCUT2D eigenvalue weighted by molar-refractivity contribution is 6.02. The van der Waals surface area contributed by atoms with Crippen LogP contribution in [0.15, 0.2) is 60.2 Å². The number of para-hydroxylation sites is 1. The minimum absolute atomic E-state index is 0.108. The number of carbonyl (C=O) groups excluding carboxylic acids is 1. The van der Waals surface area contributed by atoms with E-state index in [1.807, 2.05) is 60.7 Å². The maximum Gasteiger partial charge on any atom is 0.262 e. The number of nitrogens with zero attached hydrogens (tertiary/aromatic N) is 1. The van der Waals surface area contributed by atoms with E-state index in [-0.39, 0.29) is 17.5 Å². The van der Waals surface area contributed by atoms with Crippen molar-refractivity contribution in [3.8, 4) is 11.8 Å². The molecule has 2 aromatic carbocycles. The number of amides is 1. The Labute approximate surface area is 160 Å². The van der Waals surface area contributed by atoms with E-state index in [0.29, 0.717) is 12.4 Å². The molecule has 0 spiro atoms. The monoisotopic (exact) mass is 360 g/mol. The van der Waals surface area contributed by atoms with Crippen molar-refractivity contribution in [2.45, 2.75) is 44.8 Å². The Kier molecular flexibility index (Phi) is 6.65. The molecule has 1 fully saturated rings. The Bertz CT molecular complexity index is 831. The van der Waals surface area contributed by atoms with Crippen LogP contribution in [-0.4, -0.2) is 11.9 Å². The van der Waals surface area contributed by atoms with Crippen LogP contribution >= 0.6 is 0 Å². The summed E-state index contributed by atoms with van der Waals surface area (Å²) in [4.78, 5) is 12.5. The summed E-state index contributed by atoms with van der Waals surface area (Å²) in [6.45, 7) is 0.432. The summed E-state index contributed by atoms with van der Waals surface area (Å²) in [5.41, 5.74) is 1.90. The van der Waals surface area contributed by atoms with Crippen molar-refractivity contribution < 1.29 is 9.53 Å². The molecule has 1 aliphatic rings. The highest BCUT2D eigenvalue weighted by Gasteiger charge is 2.18. The lowest BCUT2D eigenvalue weighted by molar-refractivity contribution is -0.117. The van der Waals surface area contributed by atoms with Gasteiger partial charge in [0, 0.05) is 11.6 Å². The van der Waals surface area contributed by atoms with Crippen molar-refractivity contribution in [1.82, 2.24) is 5.32 Å². The molecule has 1 saturated carbocycles. The number of hydrogen-bond acceptors (Lipinski definition) is 3. The van der Waals surface area contributed by atoms with Gasteiger partial charge >= 0.3 is 0 Å². The van der Waals surface area contributed by atoms with Gasteiger partial charge in [0.15, 0.2) is 0 Å². The van der Waals surface area contributed by atoms with Crippen LogP contribution in [0.5, 0.6) is 5.75 Å². The Morgan fingerprint density at radius 2 is 1.78 bits per heavy atom. The molecule has 27 heavy (non-hydrogen) atoms. The first-order chi connectivity index (χ1) is 13.3. The first kappa shape index (κ1) is 18.7. The molecule has 0 unspecified atom stereocenters. The molecule has 0 saturated heterocycles. The molecular weight excluding hydrogens is 336 g/mol. The van der Waals surface area contributed by atoms with E-state index in [1.54, 1.807) is 6.08 Å². The quantitative estimate of drug-likeness (QED) is 0.604. The molecule has 0 heterocycles. The summed E-state index contributed by atoms with van der Waals surface area (Å²) in [6.07, 6.45) is 7.07. The number of nitrogens with one attached hydrogen (secondary N) is 1. The topological polar surface area (TPSA) is 62.1 Å². The zero-order chi connectivity index (χ0) is 18.9. The predicted molar refractivity (Wildman–Crippen MR) is 106 cm³/mol. The van der Waals surface area contributed by atoms with Gasteiger partial charge in [-0.2, -0.15) is 5.26 Å². The molecule has 0 radical (unpaired) electrons. The molecular formula is C23H24N2O2. The average Bonchev–Trinajstić information content (AvgIpc) is 2.72. The number of carbonyl (C=O) groups is 1. The van der Waals surface area contributed by atoms with Crippen molar-refractivity contribution in [1.29, 1.82) is 5.26 Å². The fourth-order valence-electron chi connectivity index (χ4n) is 3.28. The van der Waals surface area contributed by atoms with Crippen molar-refractivity contribution in [2.75, 3.05) is 0 Å². The molecule has 1 amide bonds. The minimum atomic E-state index is -0.303. The zero-order valence-electron chi connectivity index (χ0n) is 15.4. The minimum Gasteiger partial charge on any atom is -0.488 e. The van der Waals surface area contributed by atoms with E-state index in [2.05, 4.69) is 5.32 Å². The van der Waals surface area contributed by atoms with Crippen molar-refractivity contribution in [3.05, 3.63) is 71.3 Å². The van der Waals surface area contributed by atoms with Crippen LogP contribution in [0.2, 0.25) is 0 Å². The van der Waals surface area contributed by atoms with Crippen LogP contribution in [0.1, 0.15) is 43.2 Å². The third kappa shape index (κ3) is 5.46. The Hall–Kier alpha value is -3.06. The molecule has 4 nitrogen and oxygen atoms in total.